The van der Waals surface area contributed by atoms with Crippen molar-refractivity contribution >= 4 is 11.7 Å². The normalized spacial score (nSPS) is 10.4. The van der Waals surface area contributed by atoms with E-state index in [1.54, 1.807) is 6.07 Å². The van der Waals surface area contributed by atoms with Crippen LogP contribution in [0.1, 0.15) is 16.1 Å². The predicted molar refractivity (Wildman–Crippen MR) is 80.6 cm³/mol. The van der Waals surface area contributed by atoms with E-state index in [0.717, 1.165) is 5.56 Å². The maximum Gasteiger partial charge on any atom is 0.326 e. The number of carbonyl (C=O) groups is 1. The van der Waals surface area contributed by atoms with E-state index >= 15 is 0 Å². The average molecular weight is 295 g/mol. The smallest absolute Gasteiger partial charge is 0.312 e. The molecule has 0 atom stereocenters. The number of nitrogens with one attached hydrogen (secondary N) is 2. The van der Waals surface area contributed by atoms with Crippen molar-refractivity contribution < 1.29 is 4.79 Å². The number of aromatic nitrogens is 4. The van der Waals surface area contributed by atoms with Crippen LogP contribution < -0.4 is 11.0 Å². The molecule has 110 valence electrons. The van der Waals surface area contributed by atoms with Crippen molar-refractivity contribution in [3.8, 4) is 0 Å². The molecule has 1 aromatic carbocycles. The lowest BCUT2D eigenvalue weighted by Gasteiger charge is -2.07. The molecule has 0 saturated heterocycles. The summed E-state index contributed by atoms with van der Waals surface area (Å²) in [7, 11) is 0. The van der Waals surface area contributed by atoms with Crippen molar-refractivity contribution in [2.24, 2.45) is 0 Å². The Morgan fingerprint density at radius 2 is 2.05 bits per heavy atom. The summed E-state index contributed by atoms with van der Waals surface area (Å²) in [5, 5.41) is 2.63. The van der Waals surface area contributed by atoms with Crippen molar-refractivity contribution in [1.29, 1.82) is 0 Å². The van der Waals surface area contributed by atoms with Crippen LogP contribution in [0.4, 0.5) is 5.82 Å². The highest BCUT2D eigenvalue weighted by atomic mass is 16.2. The Hall–Kier alpha value is -3.22. The molecule has 0 aliphatic heterocycles. The van der Waals surface area contributed by atoms with Crippen LogP contribution in [-0.2, 0) is 6.54 Å². The number of hydrogen-bond acceptors (Lipinski definition) is 4. The number of benzene rings is 1. The molecule has 0 saturated carbocycles. The molecule has 2 aromatic heterocycles. The molecule has 0 bridgehead atoms. The lowest BCUT2D eigenvalue weighted by atomic mass is 10.2. The third-order valence-electron chi connectivity index (χ3n) is 3.11. The Morgan fingerprint density at radius 1 is 1.23 bits per heavy atom. The van der Waals surface area contributed by atoms with Crippen LogP contribution in [0.15, 0.2) is 59.9 Å². The SMILES string of the molecule is O=C(Nc1ccncn1)c1c[nH]c(=O)n1Cc1ccccc1. The van der Waals surface area contributed by atoms with Gasteiger partial charge in [-0.1, -0.05) is 30.3 Å². The van der Waals surface area contributed by atoms with Crippen molar-refractivity contribution in [2.75, 3.05) is 5.32 Å². The molecule has 0 aliphatic carbocycles. The first-order chi connectivity index (χ1) is 10.7. The largest absolute Gasteiger partial charge is 0.326 e. The topological polar surface area (TPSA) is 92.7 Å². The molecule has 0 spiro atoms. The van der Waals surface area contributed by atoms with Crippen molar-refractivity contribution in [2.45, 2.75) is 6.54 Å². The van der Waals surface area contributed by atoms with Crippen LogP contribution in [0.3, 0.4) is 0 Å². The molecule has 0 fully saturated rings. The van der Waals surface area contributed by atoms with Gasteiger partial charge in [0.1, 0.15) is 17.8 Å². The second kappa shape index (κ2) is 6.04. The Kier molecular flexibility index (Phi) is 3.78. The van der Waals surface area contributed by atoms with Gasteiger partial charge in [0.25, 0.3) is 5.91 Å². The summed E-state index contributed by atoms with van der Waals surface area (Å²) in [6, 6.07) is 11.0. The maximum absolute atomic E-state index is 12.3. The molecule has 0 aliphatic rings. The minimum Gasteiger partial charge on any atom is -0.312 e. The number of amides is 1. The van der Waals surface area contributed by atoms with E-state index in [2.05, 4.69) is 20.3 Å². The van der Waals surface area contributed by atoms with Crippen LogP contribution in [0.5, 0.6) is 0 Å². The molecular formula is C15H13N5O2. The number of nitrogens with zero attached hydrogens (tertiary/aromatic N) is 3. The van der Waals surface area contributed by atoms with Gasteiger partial charge in [0.15, 0.2) is 0 Å². The minimum absolute atomic E-state index is 0.243. The molecule has 7 heteroatoms. The number of rotatable bonds is 4. The van der Waals surface area contributed by atoms with E-state index in [-0.39, 0.29) is 11.4 Å². The number of H-pyrrole nitrogens is 1. The van der Waals surface area contributed by atoms with E-state index in [4.69, 9.17) is 0 Å². The number of anilines is 1. The fourth-order valence-corrected chi connectivity index (χ4v) is 2.05. The summed E-state index contributed by atoms with van der Waals surface area (Å²) in [6.07, 6.45) is 4.25. The standard InChI is InChI=1S/C15H13N5O2/c21-14(19-13-6-7-16-10-18-13)12-8-17-15(22)20(12)9-11-4-2-1-3-5-11/h1-8,10H,9H2,(H,17,22)(H,16,18,19,21). The third-order valence-corrected chi connectivity index (χ3v) is 3.11. The van der Waals surface area contributed by atoms with E-state index in [1.165, 1.54) is 23.3 Å². The zero-order valence-electron chi connectivity index (χ0n) is 11.6. The molecule has 3 rings (SSSR count). The quantitative estimate of drug-likeness (QED) is 0.758. The van der Waals surface area contributed by atoms with E-state index in [9.17, 15) is 9.59 Å². The van der Waals surface area contributed by atoms with Crippen LogP contribution in [0.25, 0.3) is 0 Å². The Labute approximate surface area is 125 Å². The lowest BCUT2D eigenvalue weighted by Crippen LogP contribution is -2.24. The molecule has 7 nitrogen and oxygen atoms in total. The van der Waals surface area contributed by atoms with Gasteiger partial charge in [-0.05, 0) is 11.6 Å². The van der Waals surface area contributed by atoms with Gasteiger partial charge in [-0.15, -0.1) is 0 Å². The van der Waals surface area contributed by atoms with E-state index < -0.39 is 5.91 Å². The van der Waals surface area contributed by atoms with Crippen molar-refractivity contribution in [3.05, 3.63) is 76.9 Å². The predicted octanol–water partition coefficient (Wildman–Crippen LogP) is 1.27. The first kappa shape index (κ1) is 13.7. The monoisotopic (exact) mass is 295 g/mol. The second-order valence-electron chi connectivity index (χ2n) is 4.60. The molecule has 0 radical (unpaired) electrons. The fraction of sp³-hybridized carbons (Fsp3) is 0.0667. The third kappa shape index (κ3) is 2.93. The highest BCUT2D eigenvalue weighted by Gasteiger charge is 2.15. The summed E-state index contributed by atoms with van der Waals surface area (Å²) in [6.45, 7) is 0.315. The first-order valence-electron chi connectivity index (χ1n) is 6.63. The van der Waals surface area contributed by atoms with Gasteiger partial charge in [-0.25, -0.2) is 14.8 Å². The van der Waals surface area contributed by atoms with Gasteiger partial charge in [0.2, 0.25) is 0 Å². The molecule has 3 aromatic rings. The van der Waals surface area contributed by atoms with Gasteiger partial charge >= 0.3 is 5.69 Å². The number of carbonyl (C=O) groups excluding carboxylic acids is 1. The highest BCUT2D eigenvalue weighted by Crippen LogP contribution is 2.06. The van der Waals surface area contributed by atoms with Crippen LogP contribution in [0.2, 0.25) is 0 Å². The molecular weight excluding hydrogens is 282 g/mol. The van der Waals surface area contributed by atoms with Gasteiger partial charge in [-0.3, -0.25) is 9.36 Å². The summed E-state index contributed by atoms with van der Waals surface area (Å²) in [4.78, 5) is 34.4. The molecule has 22 heavy (non-hydrogen) atoms. The second-order valence-corrected chi connectivity index (χ2v) is 4.60. The maximum atomic E-state index is 12.3. The van der Waals surface area contributed by atoms with E-state index in [1.807, 2.05) is 30.3 Å². The fourth-order valence-electron chi connectivity index (χ4n) is 2.05. The Bertz CT molecular complexity index is 824. The zero-order valence-corrected chi connectivity index (χ0v) is 11.6. The van der Waals surface area contributed by atoms with Crippen LogP contribution in [-0.4, -0.2) is 25.4 Å². The van der Waals surface area contributed by atoms with Crippen LogP contribution >= 0.6 is 0 Å². The van der Waals surface area contributed by atoms with Crippen molar-refractivity contribution in [3.63, 3.8) is 0 Å². The summed E-state index contributed by atoms with van der Waals surface area (Å²) >= 11 is 0. The molecule has 0 unspecified atom stereocenters. The number of imidazole rings is 1. The average Bonchev–Trinajstić information content (AvgIpc) is 2.90. The highest BCUT2D eigenvalue weighted by molar-refractivity contribution is 6.02. The van der Waals surface area contributed by atoms with E-state index in [0.29, 0.717) is 12.4 Å². The summed E-state index contributed by atoms with van der Waals surface area (Å²) in [5.74, 6) is -0.0344. The van der Waals surface area contributed by atoms with Gasteiger partial charge in [0.05, 0.1) is 6.54 Å². The Morgan fingerprint density at radius 3 is 2.77 bits per heavy atom. The number of aromatic amines is 1. The summed E-state index contributed by atoms with van der Waals surface area (Å²) in [5.41, 5.74) is 0.837. The first-order valence-corrected chi connectivity index (χ1v) is 6.63. The van der Waals surface area contributed by atoms with Gasteiger partial charge in [0, 0.05) is 12.4 Å². The minimum atomic E-state index is -0.409. The van der Waals surface area contributed by atoms with Crippen LogP contribution in [0, 0.1) is 0 Å². The van der Waals surface area contributed by atoms with Crippen molar-refractivity contribution in [1.82, 2.24) is 19.5 Å². The Balaban J connectivity index is 1.85. The van der Waals surface area contributed by atoms with Gasteiger partial charge in [-0.2, -0.15) is 0 Å². The number of hydrogen-bond donors (Lipinski definition) is 2. The molecule has 2 N–H and O–H groups in total. The van der Waals surface area contributed by atoms with Gasteiger partial charge < -0.3 is 10.3 Å². The zero-order chi connectivity index (χ0) is 15.4. The molecule has 2 heterocycles. The molecule has 1 amide bonds. The summed E-state index contributed by atoms with van der Waals surface area (Å²) < 4.78 is 1.38. The lowest BCUT2D eigenvalue weighted by molar-refractivity contribution is 0.101.